The molecule has 0 aromatic carbocycles. The Bertz CT molecular complexity index is 208. The van der Waals surface area contributed by atoms with Crippen LogP contribution in [0.4, 0.5) is 0 Å². The lowest BCUT2D eigenvalue weighted by Gasteiger charge is -2.02. The van der Waals surface area contributed by atoms with Crippen molar-refractivity contribution in [2.24, 2.45) is 0 Å². The third kappa shape index (κ3) is 2.86. The first-order valence-electron chi connectivity index (χ1n) is 4.38. The molecule has 0 bridgehead atoms. The Balaban J connectivity index is 0.00000121. The third-order valence-corrected chi connectivity index (χ3v) is 1.90. The van der Waals surface area contributed by atoms with Crippen molar-refractivity contribution in [3.8, 4) is 0 Å². The number of hydrogen-bond acceptors (Lipinski definition) is 1. The lowest BCUT2D eigenvalue weighted by Crippen LogP contribution is -2.00. The fraction of sp³-hybridized carbons (Fsp3) is 0.667. The van der Waals surface area contributed by atoms with Gasteiger partial charge in [0.1, 0.15) is 5.82 Å². The summed E-state index contributed by atoms with van der Waals surface area (Å²) >= 11 is 0. The highest BCUT2D eigenvalue weighted by Gasteiger charge is 1.98. The van der Waals surface area contributed by atoms with Gasteiger partial charge < -0.3 is 4.57 Å². The summed E-state index contributed by atoms with van der Waals surface area (Å²) < 4.78 is 2.20. The smallest absolute Gasteiger partial charge is 0.108 e. The van der Waals surface area contributed by atoms with Gasteiger partial charge in [-0.25, -0.2) is 4.98 Å². The van der Waals surface area contributed by atoms with Gasteiger partial charge >= 0.3 is 0 Å². The Morgan fingerprint density at radius 3 is 2.75 bits per heavy atom. The monoisotopic (exact) mass is 188 g/mol. The van der Waals surface area contributed by atoms with Crippen LogP contribution in [0.2, 0.25) is 0 Å². The maximum atomic E-state index is 4.29. The van der Waals surface area contributed by atoms with Gasteiger partial charge in [0, 0.05) is 25.4 Å². The van der Waals surface area contributed by atoms with Crippen LogP contribution in [0.5, 0.6) is 0 Å². The van der Waals surface area contributed by atoms with E-state index < -0.39 is 0 Å². The summed E-state index contributed by atoms with van der Waals surface area (Å²) in [5.41, 5.74) is 0. The van der Waals surface area contributed by atoms with Crippen molar-refractivity contribution in [2.75, 3.05) is 0 Å². The number of imidazole rings is 1. The number of aromatic nitrogens is 2. The quantitative estimate of drug-likeness (QED) is 0.711. The van der Waals surface area contributed by atoms with Crippen LogP contribution in [0.15, 0.2) is 12.4 Å². The zero-order valence-corrected chi connectivity index (χ0v) is 8.60. The van der Waals surface area contributed by atoms with Crippen LogP contribution in [-0.4, -0.2) is 9.55 Å². The molecule has 0 fully saturated rings. The fourth-order valence-corrected chi connectivity index (χ4v) is 1.19. The van der Waals surface area contributed by atoms with Crippen molar-refractivity contribution in [2.45, 2.75) is 39.7 Å². The van der Waals surface area contributed by atoms with Crippen molar-refractivity contribution >= 4 is 12.4 Å². The molecule has 0 aliphatic carbocycles. The van der Waals surface area contributed by atoms with Crippen molar-refractivity contribution in [1.29, 1.82) is 0 Å². The topological polar surface area (TPSA) is 17.8 Å². The van der Waals surface area contributed by atoms with Crippen LogP contribution in [-0.2, 0) is 13.0 Å². The lowest BCUT2D eigenvalue weighted by molar-refractivity contribution is 0.662. The van der Waals surface area contributed by atoms with Gasteiger partial charge in [0.25, 0.3) is 0 Å². The van der Waals surface area contributed by atoms with E-state index in [0.29, 0.717) is 0 Å². The molecule has 1 rings (SSSR count). The molecule has 12 heavy (non-hydrogen) atoms. The van der Waals surface area contributed by atoms with E-state index in [4.69, 9.17) is 0 Å². The predicted molar refractivity (Wildman–Crippen MR) is 53.8 cm³/mol. The van der Waals surface area contributed by atoms with E-state index in [-0.39, 0.29) is 12.4 Å². The molecular weight excluding hydrogens is 172 g/mol. The molecule has 0 radical (unpaired) electrons. The van der Waals surface area contributed by atoms with E-state index in [1.54, 1.807) is 0 Å². The van der Waals surface area contributed by atoms with Crippen molar-refractivity contribution < 1.29 is 0 Å². The minimum atomic E-state index is 0. The molecule has 3 heteroatoms. The summed E-state index contributed by atoms with van der Waals surface area (Å²) in [5.74, 6) is 1.23. The maximum absolute atomic E-state index is 4.29. The minimum absolute atomic E-state index is 0. The normalized spacial score (nSPS) is 9.50. The molecular formula is C9H17ClN2. The van der Waals surface area contributed by atoms with Gasteiger partial charge in [-0.05, 0) is 13.3 Å². The summed E-state index contributed by atoms with van der Waals surface area (Å²) in [6.45, 7) is 5.40. The third-order valence-electron chi connectivity index (χ3n) is 1.90. The van der Waals surface area contributed by atoms with E-state index in [0.717, 1.165) is 13.0 Å². The molecule has 0 N–H and O–H groups in total. The van der Waals surface area contributed by atoms with Gasteiger partial charge in [-0.15, -0.1) is 12.4 Å². The van der Waals surface area contributed by atoms with Crippen LogP contribution in [0, 0.1) is 0 Å². The molecule has 0 amide bonds. The Hall–Kier alpha value is -0.500. The van der Waals surface area contributed by atoms with Crippen molar-refractivity contribution in [3.63, 3.8) is 0 Å². The van der Waals surface area contributed by atoms with Crippen molar-refractivity contribution in [3.05, 3.63) is 18.2 Å². The van der Waals surface area contributed by atoms with Gasteiger partial charge in [0.05, 0.1) is 0 Å². The molecule has 0 saturated heterocycles. The molecule has 0 atom stereocenters. The number of aryl methyl sites for hydroxylation is 2. The van der Waals surface area contributed by atoms with Crippen LogP contribution in [0.25, 0.3) is 0 Å². The number of halogens is 1. The fourth-order valence-electron chi connectivity index (χ4n) is 1.19. The molecule has 0 aliphatic rings. The molecule has 0 spiro atoms. The summed E-state index contributed by atoms with van der Waals surface area (Å²) in [6.07, 6.45) is 7.55. The van der Waals surface area contributed by atoms with Gasteiger partial charge in [0.2, 0.25) is 0 Å². The van der Waals surface area contributed by atoms with E-state index in [1.807, 2.05) is 12.4 Å². The second kappa shape index (κ2) is 6.06. The molecule has 1 heterocycles. The maximum Gasteiger partial charge on any atom is 0.108 e. The highest BCUT2D eigenvalue weighted by atomic mass is 35.5. The van der Waals surface area contributed by atoms with Crippen molar-refractivity contribution in [1.82, 2.24) is 9.55 Å². The highest BCUT2D eigenvalue weighted by Crippen LogP contribution is 2.02. The second-order valence-electron chi connectivity index (χ2n) is 2.73. The Morgan fingerprint density at radius 2 is 2.17 bits per heavy atom. The number of unbranched alkanes of at least 4 members (excludes halogenated alkanes) is 1. The molecule has 1 aromatic heterocycles. The first-order valence-corrected chi connectivity index (χ1v) is 4.38. The molecule has 2 nitrogen and oxygen atoms in total. The average molecular weight is 189 g/mol. The summed E-state index contributed by atoms with van der Waals surface area (Å²) in [6, 6.07) is 0. The van der Waals surface area contributed by atoms with Crippen LogP contribution >= 0.6 is 12.4 Å². The van der Waals surface area contributed by atoms with Crippen LogP contribution < -0.4 is 0 Å². The summed E-state index contributed by atoms with van der Waals surface area (Å²) in [5, 5.41) is 0. The largest absolute Gasteiger partial charge is 0.335 e. The van der Waals surface area contributed by atoms with Gasteiger partial charge in [-0.1, -0.05) is 13.3 Å². The Labute approximate surface area is 80.4 Å². The SMILES string of the molecule is CCCCc1nccn1CC.Cl. The number of hydrogen-bond donors (Lipinski definition) is 0. The molecule has 0 unspecified atom stereocenters. The minimum Gasteiger partial charge on any atom is -0.335 e. The van der Waals surface area contributed by atoms with E-state index in [9.17, 15) is 0 Å². The summed E-state index contributed by atoms with van der Waals surface area (Å²) in [4.78, 5) is 4.29. The molecule has 70 valence electrons. The van der Waals surface area contributed by atoms with Gasteiger partial charge in [0.15, 0.2) is 0 Å². The Kier molecular flexibility index (Phi) is 5.81. The Morgan fingerprint density at radius 1 is 1.42 bits per heavy atom. The van der Waals surface area contributed by atoms with E-state index in [1.165, 1.54) is 18.7 Å². The molecule has 1 aromatic rings. The van der Waals surface area contributed by atoms with E-state index >= 15 is 0 Å². The highest BCUT2D eigenvalue weighted by molar-refractivity contribution is 5.85. The molecule has 0 saturated carbocycles. The number of nitrogens with zero attached hydrogens (tertiary/aromatic N) is 2. The zero-order valence-electron chi connectivity index (χ0n) is 7.79. The van der Waals surface area contributed by atoms with Gasteiger partial charge in [-0.2, -0.15) is 0 Å². The van der Waals surface area contributed by atoms with Crippen LogP contribution in [0.3, 0.4) is 0 Å². The molecule has 0 aliphatic heterocycles. The zero-order chi connectivity index (χ0) is 8.10. The summed E-state index contributed by atoms with van der Waals surface area (Å²) in [7, 11) is 0. The van der Waals surface area contributed by atoms with Crippen LogP contribution in [0.1, 0.15) is 32.5 Å². The lowest BCUT2D eigenvalue weighted by atomic mass is 10.2. The second-order valence-corrected chi connectivity index (χ2v) is 2.73. The average Bonchev–Trinajstić information content (AvgIpc) is 2.47. The number of rotatable bonds is 4. The first-order chi connectivity index (χ1) is 5.38. The van der Waals surface area contributed by atoms with Gasteiger partial charge in [-0.3, -0.25) is 0 Å². The predicted octanol–water partition coefficient (Wildman–Crippen LogP) is 2.67. The van der Waals surface area contributed by atoms with E-state index in [2.05, 4.69) is 23.4 Å². The standard InChI is InChI=1S/C9H16N2.ClH/c1-3-5-6-9-10-7-8-11(9)4-2;/h7-8H,3-6H2,1-2H3;1H. The first kappa shape index (κ1) is 11.5.